The van der Waals surface area contributed by atoms with Crippen molar-refractivity contribution in [2.45, 2.75) is 78.7 Å². The minimum atomic E-state index is -0.141. The Bertz CT molecular complexity index is 999. The lowest BCUT2D eigenvalue weighted by atomic mass is 9.46. The lowest BCUT2D eigenvalue weighted by molar-refractivity contribution is -0.128. The van der Waals surface area contributed by atoms with E-state index in [0.29, 0.717) is 24.2 Å². The number of ketones is 1. The summed E-state index contributed by atoms with van der Waals surface area (Å²) in [5.41, 5.74) is 2.93. The first-order chi connectivity index (χ1) is 16.3. The Balaban J connectivity index is 1.21. The summed E-state index contributed by atoms with van der Waals surface area (Å²) in [6, 6.07) is 3.99. The van der Waals surface area contributed by atoms with Gasteiger partial charge in [-0.2, -0.15) is 0 Å². The van der Waals surface area contributed by atoms with Crippen molar-refractivity contribution in [3.05, 3.63) is 34.0 Å². The number of nitrogens with one attached hydrogen (secondary N) is 1. The third kappa shape index (κ3) is 4.16. The zero-order valence-corrected chi connectivity index (χ0v) is 21.6. The number of rotatable bonds is 6. The third-order valence-corrected chi connectivity index (χ3v) is 10.8. The topological polar surface area (TPSA) is 67.8 Å². The minimum Gasteiger partial charge on any atom is -0.385 e. The summed E-state index contributed by atoms with van der Waals surface area (Å²) in [6.07, 6.45) is 11.4. The van der Waals surface area contributed by atoms with Crippen molar-refractivity contribution in [3.8, 4) is 0 Å². The molecule has 3 fully saturated rings. The van der Waals surface area contributed by atoms with Crippen LogP contribution in [0.4, 0.5) is 0 Å². The minimum absolute atomic E-state index is 0.0441. The highest BCUT2D eigenvalue weighted by molar-refractivity contribution is 7.09. The highest BCUT2D eigenvalue weighted by atomic mass is 32.1. The number of thiophene rings is 1. The first kappa shape index (κ1) is 23.8. The Kier molecular flexibility index (Phi) is 6.47. The van der Waals surface area contributed by atoms with Gasteiger partial charge in [-0.25, -0.2) is 0 Å². The van der Waals surface area contributed by atoms with E-state index in [1.807, 2.05) is 24.4 Å². The second kappa shape index (κ2) is 9.25. The number of nitrogens with zero attached hydrogens (tertiary/aromatic N) is 1. The molecule has 4 unspecified atom stereocenters. The number of fused-ring (bicyclic) bond motifs is 5. The molecule has 5 rings (SSSR count). The quantitative estimate of drug-likeness (QED) is 0.513. The van der Waals surface area contributed by atoms with Gasteiger partial charge < -0.3 is 10.2 Å². The summed E-state index contributed by atoms with van der Waals surface area (Å²) in [6.45, 7) is 7.20. The van der Waals surface area contributed by atoms with Gasteiger partial charge in [0.2, 0.25) is 0 Å². The molecule has 1 N–H and O–H groups in total. The van der Waals surface area contributed by atoms with Crippen molar-refractivity contribution in [1.82, 2.24) is 5.32 Å². The number of carbonyl (C=O) groups excluding carboxylic acids is 2. The molecule has 0 radical (unpaired) electrons. The average Bonchev–Trinajstić information content (AvgIpc) is 3.45. The van der Waals surface area contributed by atoms with E-state index >= 15 is 0 Å². The van der Waals surface area contributed by atoms with E-state index in [0.717, 1.165) is 42.2 Å². The van der Waals surface area contributed by atoms with Crippen LogP contribution in [0.3, 0.4) is 0 Å². The summed E-state index contributed by atoms with van der Waals surface area (Å²) in [5, 5.41) is 9.21. The maximum Gasteiger partial charge on any atom is 0.261 e. The number of oxime groups is 1. The maximum absolute atomic E-state index is 12.4. The van der Waals surface area contributed by atoms with Gasteiger partial charge in [-0.3, -0.25) is 9.59 Å². The lowest BCUT2D eigenvalue weighted by Gasteiger charge is -2.58. The van der Waals surface area contributed by atoms with Crippen molar-refractivity contribution in [2.75, 3.05) is 6.61 Å². The summed E-state index contributed by atoms with van der Waals surface area (Å²) >= 11 is 1.63. The van der Waals surface area contributed by atoms with Crippen LogP contribution >= 0.6 is 11.3 Å². The van der Waals surface area contributed by atoms with E-state index in [-0.39, 0.29) is 29.3 Å². The zero-order valence-electron chi connectivity index (χ0n) is 20.8. The number of carbonyl (C=O) groups is 2. The fourth-order valence-corrected chi connectivity index (χ4v) is 8.78. The summed E-state index contributed by atoms with van der Waals surface area (Å²) < 4.78 is 0. The summed E-state index contributed by atoms with van der Waals surface area (Å²) in [7, 11) is 0. The molecule has 3 saturated carbocycles. The highest BCUT2D eigenvalue weighted by Crippen LogP contribution is 2.66. The van der Waals surface area contributed by atoms with Crippen molar-refractivity contribution in [3.63, 3.8) is 0 Å². The van der Waals surface area contributed by atoms with Gasteiger partial charge in [0.1, 0.15) is 5.78 Å². The normalized spacial score (nSPS) is 37.9. The molecule has 0 spiro atoms. The van der Waals surface area contributed by atoms with Gasteiger partial charge in [-0.05, 0) is 104 Å². The van der Waals surface area contributed by atoms with Gasteiger partial charge in [0.25, 0.3) is 5.91 Å². The second-order valence-corrected chi connectivity index (χ2v) is 12.5. The largest absolute Gasteiger partial charge is 0.385 e. The average molecular weight is 483 g/mol. The van der Waals surface area contributed by atoms with Crippen LogP contribution in [0.2, 0.25) is 0 Å². The van der Waals surface area contributed by atoms with E-state index in [1.165, 1.54) is 31.3 Å². The molecular formula is C28H38N2O3S. The molecule has 1 amide bonds. The van der Waals surface area contributed by atoms with Crippen LogP contribution in [-0.4, -0.2) is 24.0 Å². The standard InChI is InChI=1S/C28H38N2O3S/c1-18(31)23-8-9-24-22-7-6-19-15-20(10-12-27(19,2)25(22)11-13-28(23,24)3)30-33-17-26(32)29-16-21-5-4-14-34-21/h4-5,14-15,22-25H,6-13,16-17H2,1-3H3,(H,29,32)/t22?,23?,24?,25?,27-,28+/m0/s1. The molecule has 1 aromatic rings. The van der Waals surface area contributed by atoms with Crippen LogP contribution in [0.5, 0.6) is 0 Å². The fourth-order valence-electron chi connectivity index (χ4n) is 8.13. The van der Waals surface area contributed by atoms with Gasteiger partial charge >= 0.3 is 0 Å². The van der Waals surface area contributed by atoms with E-state index < -0.39 is 0 Å². The Hall–Kier alpha value is -1.95. The Labute approximate surface area is 207 Å². The molecule has 1 heterocycles. The third-order valence-electron chi connectivity index (χ3n) is 9.89. The van der Waals surface area contributed by atoms with E-state index in [4.69, 9.17) is 4.84 Å². The van der Waals surface area contributed by atoms with Crippen molar-refractivity contribution < 1.29 is 14.4 Å². The number of amides is 1. The SMILES string of the molecule is CC(=O)C1CCC2C3CCC4=CC(=NOCC(=O)NCc5cccs5)CC[C@]4(C)C3CC[C@]12C. The molecule has 0 aliphatic heterocycles. The first-order valence-corrected chi connectivity index (χ1v) is 13.9. The molecule has 6 heteroatoms. The van der Waals surface area contributed by atoms with E-state index in [2.05, 4.69) is 30.4 Å². The van der Waals surface area contributed by atoms with Gasteiger partial charge in [0.05, 0.1) is 12.3 Å². The Morgan fingerprint density at radius 2 is 2.00 bits per heavy atom. The van der Waals surface area contributed by atoms with Gasteiger partial charge in [-0.15, -0.1) is 11.3 Å². The second-order valence-electron chi connectivity index (χ2n) is 11.5. The zero-order chi connectivity index (χ0) is 23.9. The van der Waals surface area contributed by atoms with Crippen molar-refractivity contribution >= 4 is 28.7 Å². The highest BCUT2D eigenvalue weighted by Gasteiger charge is 2.59. The lowest BCUT2D eigenvalue weighted by Crippen LogP contribution is -2.51. The smallest absolute Gasteiger partial charge is 0.261 e. The van der Waals surface area contributed by atoms with Crippen LogP contribution in [0.15, 0.2) is 34.3 Å². The number of hydrogen-bond acceptors (Lipinski definition) is 5. The number of Topliss-reactive ketones (excluding diaryl/α,β-unsaturated/α-hetero) is 1. The van der Waals surface area contributed by atoms with Gasteiger partial charge in [0, 0.05) is 10.8 Å². The summed E-state index contributed by atoms with van der Waals surface area (Å²) in [4.78, 5) is 31.0. The monoisotopic (exact) mass is 482 g/mol. The molecule has 184 valence electrons. The van der Waals surface area contributed by atoms with Crippen molar-refractivity contribution in [1.29, 1.82) is 0 Å². The van der Waals surface area contributed by atoms with Gasteiger partial charge in [-0.1, -0.05) is 30.6 Å². The molecule has 1 aromatic heterocycles. The molecule has 0 aromatic carbocycles. The fraction of sp³-hybridized carbons (Fsp3) is 0.679. The predicted octanol–water partition coefficient (Wildman–Crippen LogP) is 5.90. The molecular weight excluding hydrogens is 444 g/mol. The Morgan fingerprint density at radius 3 is 2.76 bits per heavy atom. The molecule has 0 saturated heterocycles. The van der Waals surface area contributed by atoms with Crippen LogP contribution in [0.1, 0.15) is 77.0 Å². The predicted molar refractivity (Wildman–Crippen MR) is 135 cm³/mol. The van der Waals surface area contributed by atoms with Crippen molar-refractivity contribution in [2.24, 2.45) is 39.7 Å². The van der Waals surface area contributed by atoms with Crippen LogP contribution in [-0.2, 0) is 21.0 Å². The molecule has 0 bridgehead atoms. The number of hydrogen-bond donors (Lipinski definition) is 1. The molecule has 6 atom stereocenters. The van der Waals surface area contributed by atoms with Crippen LogP contribution in [0.25, 0.3) is 0 Å². The number of allylic oxidation sites excluding steroid dienone is 2. The molecule has 5 nitrogen and oxygen atoms in total. The maximum atomic E-state index is 12.4. The van der Waals surface area contributed by atoms with E-state index in [9.17, 15) is 9.59 Å². The molecule has 4 aliphatic carbocycles. The van der Waals surface area contributed by atoms with E-state index in [1.54, 1.807) is 11.3 Å². The first-order valence-electron chi connectivity index (χ1n) is 13.0. The summed E-state index contributed by atoms with van der Waals surface area (Å²) in [5.74, 6) is 2.69. The van der Waals surface area contributed by atoms with Crippen LogP contribution < -0.4 is 5.32 Å². The molecule has 4 aliphatic rings. The Morgan fingerprint density at radius 1 is 1.15 bits per heavy atom. The molecule has 34 heavy (non-hydrogen) atoms. The van der Waals surface area contributed by atoms with Crippen LogP contribution in [0, 0.1) is 34.5 Å². The van der Waals surface area contributed by atoms with Gasteiger partial charge in [0.15, 0.2) is 6.61 Å².